The van der Waals surface area contributed by atoms with Crippen molar-refractivity contribution in [2.75, 3.05) is 6.61 Å². The maximum atomic E-state index is 13.7. The molecular weight excluding hydrogens is 288 g/mol. The molecule has 2 rings (SSSR count). The van der Waals surface area contributed by atoms with Crippen LogP contribution >= 0.6 is 0 Å². The first-order valence-corrected chi connectivity index (χ1v) is 6.97. The molecule has 1 heterocycles. The molecule has 1 aromatic rings. The molecule has 1 aromatic carbocycles. The molecule has 118 valence electrons. The molecule has 0 spiro atoms. The lowest BCUT2D eigenvalue weighted by atomic mass is 9.82. The number of alkyl halides is 3. The summed E-state index contributed by atoms with van der Waals surface area (Å²) in [5.74, 6) is -1.35. The van der Waals surface area contributed by atoms with E-state index >= 15 is 0 Å². The van der Waals surface area contributed by atoms with Crippen molar-refractivity contribution in [1.82, 2.24) is 0 Å². The summed E-state index contributed by atoms with van der Waals surface area (Å²) in [6.07, 6.45) is -2.73. The Morgan fingerprint density at radius 1 is 1.38 bits per heavy atom. The van der Waals surface area contributed by atoms with Gasteiger partial charge in [0.05, 0.1) is 23.9 Å². The average Bonchev–Trinajstić information content (AvgIpc) is 2.37. The van der Waals surface area contributed by atoms with E-state index in [9.17, 15) is 22.7 Å². The fourth-order valence-electron chi connectivity index (χ4n) is 2.74. The van der Waals surface area contributed by atoms with Crippen LogP contribution < -0.4 is 0 Å². The van der Waals surface area contributed by atoms with Gasteiger partial charge in [0.25, 0.3) is 0 Å². The summed E-state index contributed by atoms with van der Waals surface area (Å²) in [6, 6.07) is 2.63. The highest BCUT2D eigenvalue weighted by Crippen LogP contribution is 2.38. The first-order valence-electron chi connectivity index (χ1n) is 6.97. The van der Waals surface area contributed by atoms with Crippen LogP contribution in [0.5, 0.6) is 0 Å². The molecule has 0 bridgehead atoms. The predicted octanol–water partition coefficient (Wildman–Crippen LogP) is 4.01. The van der Waals surface area contributed by atoms with Gasteiger partial charge in [0.15, 0.2) is 0 Å². The minimum atomic E-state index is -4.73. The summed E-state index contributed by atoms with van der Waals surface area (Å²) < 4.78 is 56.8. The average molecular weight is 306 g/mol. The Kier molecular flexibility index (Phi) is 4.58. The van der Waals surface area contributed by atoms with E-state index in [0.29, 0.717) is 12.7 Å². The molecule has 1 fully saturated rings. The van der Waals surface area contributed by atoms with Crippen LogP contribution in [-0.2, 0) is 16.5 Å². The van der Waals surface area contributed by atoms with E-state index in [1.54, 1.807) is 0 Å². The van der Waals surface area contributed by atoms with Gasteiger partial charge >= 0.3 is 6.18 Å². The van der Waals surface area contributed by atoms with Crippen molar-refractivity contribution >= 4 is 0 Å². The molecule has 0 amide bonds. The zero-order chi connectivity index (χ0) is 15.7. The molecule has 0 saturated carbocycles. The van der Waals surface area contributed by atoms with E-state index in [1.165, 1.54) is 0 Å². The standard InChI is InChI=1S/C15H18F4O2/c1-2-3-11-9-14(20,6-7-21-11)10-4-5-12(13(16)8-10)15(17,18)19/h4-5,8,11,20H,2-3,6-7,9H2,1H3. The second-order valence-electron chi connectivity index (χ2n) is 5.46. The number of hydrogen-bond donors (Lipinski definition) is 1. The smallest absolute Gasteiger partial charge is 0.385 e. The molecule has 1 aliphatic rings. The number of aliphatic hydroxyl groups is 1. The van der Waals surface area contributed by atoms with Gasteiger partial charge in [-0.05, 0) is 24.1 Å². The third-order valence-electron chi connectivity index (χ3n) is 3.86. The Labute approximate surface area is 120 Å². The van der Waals surface area contributed by atoms with Gasteiger partial charge < -0.3 is 9.84 Å². The molecule has 2 nitrogen and oxygen atoms in total. The molecule has 0 aliphatic carbocycles. The molecule has 1 saturated heterocycles. The number of halogens is 4. The Bertz CT molecular complexity index is 499. The number of benzene rings is 1. The normalized spacial score (nSPS) is 26.9. The quantitative estimate of drug-likeness (QED) is 0.855. The van der Waals surface area contributed by atoms with Crippen molar-refractivity contribution in [1.29, 1.82) is 0 Å². The van der Waals surface area contributed by atoms with Gasteiger partial charge in [0.2, 0.25) is 0 Å². The molecule has 1 N–H and O–H groups in total. The fourth-order valence-corrected chi connectivity index (χ4v) is 2.74. The minimum Gasteiger partial charge on any atom is -0.385 e. The third-order valence-corrected chi connectivity index (χ3v) is 3.86. The van der Waals surface area contributed by atoms with Crippen molar-refractivity contribution in [3.05, 3.63) is 35.1 Å². The highest BCUT2D eigenvalue weighted by molar-refractivity contribution is 5.30. The molecule has 2 atom stereocenters. The van der Waals surface area contributed by atoms with Crippen LogP contribution in [0.2, 0.25) is 0 Å². The predicted molar refractivity (Wildman–Crippen MR) is 69.2 cm³/mol. The van der Waals surface area contributed by atoms with Crippen LogP contribution in [0.3, 0.4) is 0 Å². The Hall–Kier alpha value is -1.14. The first kappa shape index (κ1) is 16.2. The third kappa shape index (κ3) is 3.55. The minimum absolute atomic E-state index is 0.154. The van der Waals surface area contributed by atoms with Crippen LogP contribution in [-0.4, -0.2) is 17.8 Å². The molecule has 6 heteroatoms. The van der Waals surface area contributed by atoms with Gasteiger partial charge in [-0.3, -0.25) is 0 Å². The second-order valence-corrected chi connectivity index (χ2v) is 5.46. The van der Waals surface area contributed by atoms with E-state index in [4.69, 9.17) is 4.74 Å². The van der Waals surface area contributed by atoms with Gasteiger partial charge in [0.1, 0.15) is 5.82 Å². The maximum absolute atomic E-state index is 13.7. The Morgan fingerprint density at radius 2 is 2.10 bits per heavy atom. The molecule has 21 heavy (non-hydrogen) atoms. The lowest BCUT2D eigenvalue weighted by Crippen LogP contribution is -2.38. The topological polar surface area (TPSA) is 29.5 Å². The number of rotatable bonds is 3. The summed E-state index contributed by atoms with van der Waals surface area (Å²) in [7, 11) is 0. The molecule has 0 radical (unpaired) electrons. The van der Waals surface area contributed by atoms with Crippen molar-refractivity contribution in [3.8, 4) is 0 Å². The molecule has 0 aromatic heterocycles. The van der Waals surface area contributed by atoms with Crippen LogP contribution in [0.4, 0.5) is 17.6 Å². The maximum Gasteiger partial charge on any atom is 0.419 e. The molecular formula is C15H18F4O2. The lowest BCUT2D eigenvalue weighted by Gasteiger charge is -2.37. The largest absolute Gasteiger partial charge is 0.419 e. The van der Waals surface area contributed by atoms with Crippen LogP contribution in [0.1, 0.15) is 43.7 Å². The fraction of sp³-hybridized carbons (Fsp3) is 0.600. The summed E-state index contributed by atoms with van der Waals surface area (Å²) in [6.45, 7) is 2.29. The second kappa shape index (κ2) is 5.93. The molecule has 1 aliphatic heterocycles. The number of hydrogen-bond acceptors (Lipinski definition) is 2. The molecule has 2 unspecified atom stereocenters. The van der Waals surface area contributed by atoms with Crippen LogP contribution in [0.15, 0.2) is 18.2 Å². The van der Waals surface area contributed by atoms with Crippen molar-refractivity contribution in [2.24, 2.45) is 0 Å². The summed E-state index contributed by atoms with van der Waals surface area (Å²) >= 11 is 0. The van der Waals surface area contributed by atoms with Gasteiger partial charge in [-0.2, -0.15) is 13.2 Å². The van der Waals surface area contributed by atoms with Gasteiger partial charge in [-0.25, -0.2) is 4.39 Å². The van der Waals surface area contributed by atoms with Crippen molar-refractivity contribution < 1.29 is 27.4 Å². The highest BCUT2D eigenvalue weighted by Gasteiger charge is 2.39. The zero-order valence-corrected chi connectivity index (χ0v) is 11.7. The van der Waals surface area contributed by atoms with E-state index in [-0.39, 0.29) is 24.5 Å². The summed E-state index contributed by atoms with van der Waals surface area (Å²) in [5, 5.41) is 10.6. The zero-order valence-electron chi connectivity index (χ0n) is 11.7. The van der Waals surface area contributed by atoms with E-state index in [2.05, 4.69) is 0 Å². The van der Waals surface area contributed by atoms with Gasteiger partial charge in [0, 0.05) is 12.8 Å². The number of ether oxygens (including phenoxy) is 1. The van der Waals surface area contributed by atoms with Gasteiger partial charge in [-0.15, -0.1) is 0 Å². The van der Waals surface area contributed by atoms with Gasteiger partial charge in [-0.1, -0.05) is 19.4 Å². The van der Waals surface area contributed by atoms with Crippen LogP contribution in [0, 0.1) is 5.82 Å². The summed E-state index contributed by atoms with van der Waals surface area (Å²) in [5.41, 5.74) is -2.47. The Balaban J connectivity index is 2.26. The summed E-state index contributed by atoms with van der Waals surface area (Å²) in [4.78, 5) is 0. The monoisotopic (exact) mass is 306 g/mol. The Morgan fingerprint density at radius 3 is 2.67 bits per heavy atom. The van der Waals surface area contributed by atoms with E-state index < -0.39 is 23.2 Å². The van der Waals surface area contributed by atoms with E-state index in [1.807, 2.05) is 6.92 Å². The lowest BCUT2D eigenvalue weighted by molar-refractivity contribution is -0.140. The van der Waals surface area contributed by atoms with Crippen molar-refractivity contribution in [3.63, 3.8) is 0 Å². The van der Waals surface area contributed by atoms with Crippen molar-refractivity contribution in [2.45, 2.75) is 50.5 Å². The SMILES string of the molecule is CCCC1CC(O)(c2ccc(C(F)(F)F)c(F)c2)CCO1. The van der Waals surface area contributed by atoms with Crippen LogP contribution in [0.25, 0.3) is 0 Å². The first-order chi connectivity index (χ1) is 9.76. The van der Waals surface area contributed by atoms with E-state index in [0.717, 1.165) is 25.0 Å². The highest BCUT2D eigenvalue weighted by atomic mass is 19.4.